The van der Waals surface area contributed by atoms with E-state index in [9.17, 15) is 4.79 Å². The summed E-state index contributed by atoms with van der Waals surface area (Å²) in [6, 6.07) is 11.0. The topological polar surface area (TPSA) is 32.3 Å². The number of nitrogens with one attached hydrogen (secondary N) is 1. The van der Waals surface area contributed by atoms with Gasteiger partial charge < -0.3 is 5.32 Å². The van der Waals surface area contributed by atoms with E-state index in [0.29, 0.717) is 24.3 Å². The van der Waals surface area contributed by atoms with Gasteiger partial charge in [0, 0.05) is 19.0 Å². The van der Waals surface area contributed by atoms with Crippen molar-refractivity contribution >= 4 is 5.91 Å². The SMILES string of the molecule is CC1CCN(C(C)CNC(=O)CC(c2ccccc2)C2CC2)CC1. The Bertz CT molecular complexity index is 518. The third-order valence-electron chi connectivity index (χ3n) is 5.86. The van der Waals surface area contributed by atoms with Gasteiger partial charge in [0.1, 0.15) is 0 Å². The molecule has 1 aliphatic carbocycles. The Balaban J connectivity index is 1.46. The highest BCUT2D eigenvalue weighted by Crippen LogP contribution is 2.44. The van der Waals surface area contributed by atoms with Crippen LogP contribution >= 0.6 is 0 Å². The fraction of sp³-hybridized carbons (Fsp3) is 0.667. The average molecular weight is 329 g/mol. The summed E-state index contributed by atoms with van der Waals surface area (Å²) in [6.07, 6.45) is 5.76. The molecule has 0 spiro atoms. The Kier molecular flexibility index (Phi) is 5.94. The van der Waals surface area contributed by atoms with E-state index in [1.165, 1.54) is 44.3 Å². The van der Waals surface area contributed by atoms with Crippen molar-refractivity contribution in [3.8, 4) is 0 Å². The van der Waals surface area contributed by atoms with Crippen LogP contribution in [0.1, 0.15) is 57.4 Å². The lowest BCUT2D eigenvalue weighted by Gasteiger charge is -2.35. The normalized spacial score (nSPS) is 22.1. The van der Waals surface area contributed by atoms with Crippen LogP contribution in [0.4, 0.5) is 0 Å². The summed E-state index contributed by atoms with van der Waals surface area (Å²) in [5, 5.41) is 3.19. The van der Waals surface area contributed by atoms with Crippen LogP contribution in [-0.4, -0.2) is 36.5 Å². The zero-order valence-corrected chi connectivity index (χ0v) is 15.2. The van der Waals surface area contributed by atoms with Gasteiger partial charge in [-0.2, -0.15) is 0 Å². The highest BCUT2D eigenvalue weighted by molar-refractivity contribution is 5.77. The van der Waals surface area contributed by atoms with Crippen LogP contribution in [0.25, 0.3) is 0 Å². The van der Waals surface area contributed by atoms with Gasteiger partial charge in [-0.15, -0.1) is 0 Å². The van der Waals surface area contributed by atoms with Crippen LogP contribution < -0.4 is 5.32 Å². The molecule has 24 heavy (non-hydrogen) atoms. The number of hydrogen-bond donors (Lipinski definition) is 1. The van der Waals surface area contributed by atoms with E-state index >= 15 is 0 Å². The first-order chi connectivity index (χ1) is 11.6. The minimum atomic E-state index is 0.216. The molecular formula is C21H32N2O. The van der Waals surface area contributed by atoms with E-state index in [1.807, 2.05) is 0 Å². The maximum absolute atomic E-state index is 12.5. The summed E-state index contributed by atoms with van der Waals surface area (Å²) >= 11 is 0. The first kappa shape index (κ1) is 17.5. The van der Waals surface area contributed by atoms with Crippen molar-refractivity contribution in [1.29, 1.82) is 0 Å². The molecule has 1 aromatic carbocycles. The molecule has 1 N–H and O–H groups in total. The van der Waals surface area contributed by atoms with Crippen LogP contribution in [-0.2, 0) is 4.79 Å². The third-order valence-corrected chi connectivity index (χ3v) is 5.86. The molecule has 1 saturated heterocycles. The molecule has 0 radical (unpaired) electrons. The smallest absolute Gasteiger partial charge is 0.220 e. The molecule has 3 nitrogen and oxygen atoms in total. The Hall–Kier alpha value is -1.35. The largest absolute Gasteiger partial charge is 0.355 e. The highest BCUT2D eigenvalue weighted by atomic mass is 16.1. The quantitative estimate of drug-likeness (QED) is 0.825. The number of carbonyl (C=O) groups is 1. The molecule has 132 valence electrons. The van der Waals surface area contributed by atoms with E-state index in [0.717, 1.165) is 12.5 Å². The number of hydrogen-bond acceptors (Lipinski definition) is 2. The summed E-state index contributed by atoms with van der Waals surface area (Å²) in [6.45, 7) is 7.70. The number of likely N-dealkylation sites (tertiary alicyclic amines) is 1. The highest BCUT2D eigenvalue weighted by Gasteiger charge is 2.33. The predicted octanol–water partition coefficient (Wildman–Crippen LogP) is 3.81. The van der Waals surface area contributed by atoms with Gasteiger partial charge in [-0.1, -0.05) is 37.3 Å². The van der Waals surface area contributed by atoms with E-state index in [-0.39, 0.29) is 5.91 Å². The lowest BCUT2D eigenvalue weighted by Crippen LogP contribution is -2.45. The van der Waals surface area contributed by atoms with Crippen LogP contribution in [0.5, 0.6) is 0 Å². The summed E-state index contributed by atoms with van der Waals surface area (Å²) in [5.41, 5.74) is 1.33. The standard InChI is InChI=1S/C21H32N2O/c1-16-10-12-23(13-11-16)17(2)15-22-21(24)14-20(19-8-9-19)18-6-4-3-5-7-18/h3-7,16-17,19-20H,8-15H2,1-2H3,(H,22,24). The lowest BCUT2D eigenvalue weighted by molar-refractivity contribution is -0.121. The number of nitrogens with zero attached hydrogens (tertiary/aromatic N) is 1. The van der Waals surface area contributed by atoms with Gasteiger partial charge in [-0.25, -0.2) is 0 Å². The van der Waals surface area contributed by atoms with Crippen molar-refractivity contribution < 1.29 is 4.79 Å². The molecule has 3 rings (SSSR count). The fourth-order valence-corrected chi connectivity index (χ4v) is 3.89. The first-order valence-electron chi connectivity index (χ1n) is 9.69. The summed E-state index contributed by atoms with van der Waals surface area (Å²) < 4.78 is 0. The molecule has 2 unspecified atom stereocenters. The Morgan fingerprint density at radius 1 is 1.17 bits per heavy atom. The van der Waals surface area contributed by atoms with Crippen molar-refractivity contribution in [2.24, 2.45) is 11.8 Å². The number of carbonyl (C=O) groups excluding carboxylic acids is 1. The second kappa shape index (κ2) is 8.15. The van der Waals surface area contributed by atoms with Crippen LogP contribution in [0.15, 0.2) is 30.3 Å². The van der Waals surface area contributed by atoms with Crippen LogP contribution in [0, 0.1) is 11.8 Å². The molecule has 1 heterocycles. The van der Waals surface area contributed by atoms with E-state index in [2.05, 4.69) is 54.4 Å². The summed E-state index contributed by atoms with van der Waals surface area (Å²) in [7, 11) is 0. The summed E-state index contributed by atoms with van der Waals surface area (Å²) in [5.74, 6) is 2.18. The van der Waals surface area contributed by atoms with Gasteiger partial charge in [0.15, 0.2) is 0 Å². The zero-order valence-electron chi connectivity index (χ0n) is 15.2. The molecule has 0 bridgehead atoms. The lowest BCUT2D eigenvalue weighted by atomic mass is 9.91. The van der Waals surface area contributed by atoms with Crippen molar-refractivity contribution in [3.63, 3.8) is 0 Å². The molecule has 1 amide bonds. The van der Waals surface area contributed by atoms with E-state index in [4.69, 9.17) is 0 Å². The minimum Gasteiger partial charge on any atom is -0.355 e. The van der Waals surface area contributed by atoms with Gasteiger partial charge in [0.2, 0.25) is 5.91 Å². The number of rotatable bonds is 7. The maximum Gasteiger partial charge on any atom is 0.220 e. The molecule has 1 saturated carbocycles. The van der Waals surface area contributed by atoms with E-state index < -0.39 is 0 Å². The molecule has 1 aromatic rings. The predicted molar refractivity (Wildman–Crippen MR) is 99.0 cm³/mol. The minimum absolute atomic E-state index is 0.216. The molecule has 2 fully saturated rings. The van der Waals surface area contributed by atoms with Crippen molar-refractivity contribution in [1.82, 2.24) is 10.2 Å². The second-order valence-electron chi connectivity index (χ2n) is 7.93. The zero-order chi connectivity index (χ0) is 16.9. The molecule has 0 aromatic heterocycles. The van der Waals surface area contributed by atoms with Crippen molar-refractivity contribution in [3.05, 3.63) is 35.9 Å². The van der Waals surface area contributed by atoms with Crippen LogP contribution in [0.2, 0.25) is 0 Å². The Morgan fingerprint density at radius 3 is 2.46 bits per heavy atom. The molecular weight excluding hydrogens is 296 g/mol. The van der Waals surface area contributed by atoms with E-state index in [1.54, 1.807) is 0 Å². The maximum atomic E-state index is 12.5. The number of piperidine rings is 1. The van der Waals surface area contributed by atoms with Crippen LogP contribution in [0.3, 0.4) is 0 Å². The third kappa shape index (κ3) is 4.83. The summed E-state index contributed by atoms with van der Waals surface area (Å²) in [4.78, 5) is 15.0. The van der Waals surface area contributed by atoms with Gasteiger partial charge in [0.05, 0.1) is 0 Å². The number of benzene rings is 1. The molecule has 1 aliphatic heterocycles. The molecule has 2 aliphatic rings. The van der Waals surface area contributed by atoms with Gasteiger partial charge >= 0.3 is 0 Å². The Morgan fingerprint density at radius 2 is 1.83 bits per heavy atom. The number of amides is 1. The monoisotopic (exact) mass is 328 g/mol. The first-order valence-corrected chi connectivity index (χ1v) is 9.69. The molecule has 2 atom stereocenters. The van der Waals surface area contributed by atoms with Gasteiger partial charge in [-0.05, 0) is 69.0 Å². The Labute approximate surface area is 146 Å². The van der Waals surface area contributed by atoms with Gasteiger partial charge in [-0.3, -0.25) is 9.69 Å². The van der Waals surface area contributed by atoms with Crippen molar-refractivity contribution in [2.45, 2.75) is 57.9 Å². The van der Waals surface area contributed by atoms with Crippen molar-refractivity contribution in [2.75, 3.05) is 19.6 Å². The van der Waals surface area contributed by atoms with Gasteiger partial charge in [0.25, 0.3) is 0 Å². The average Bonchev–Trinajstić information content (AvgIpc) is 3.44. The molecule has 3 heteroatoms. The fourth-order valence-electron chi connectivity index (χ4n) is 3.89. The second-order valence-corrected chi connectivity index (χ2v) is 7.93.